The van der Waals surface area contributed by atoms with E-state index >= 15 is 0 Å². The first kappa shape index (κ1) is 20.5. The fourth-order valence-electron chi connectivity index (χ4n) is 2.66. The predicted octanol–water partition coefficient (Wildman–Crippen LogP) is 2.93. The van der Waals surface area contributed by atoms with Gasteiger partial charge < -0.3 is 18.6 Å². The predicted molar refractivity (Wildman–Crippen MR) is 98.9 cm³/mol. The van der Waals surface area contributed by atoms with Crippen molar-refractivity contribution >= 4 is 22.9 Å². The molecule has 0 saturated carbocycles. The van der Waals surface area contributed by atoms with Gasteiger partial charge in [0.2, 0.25) is 0 Å². The quantitative estimate of drug-likeness (QED) is 0.517. The summed E-state index contributed by atoms with van der Waals surface area (Å²) in [4.78, 5) is 35.3. The van der Waals surface area contributed by atoms with Crippen molar-refractivity contribution in [3.8, 4) is 5.75 Å². The molecule has 0 N–H and O–H groups in total. The molecule has 0 bridgehead atoms. The highest BCUT2D eigenvalue weighted by Crippen LogP contribution is 2.29. The highest BCUT2D eigenvalue weighted by molar-refractivity contribution is 5.83. The van der Waals surface area contributed by atoms with E-state index in [4.69, 9.17) is 18.6 Å². The molecule has 7 heteroatoms. The Morgan fingerprint density at radius 1 is 1.11 bits per heavy atom. The first-order valence-corrected chi connectivity index (χ1v) is 8.92. The standard InChI is InChI=1S/C20H24O7/c1-5-24-18(21)8-7-14-10-15-12(3)9-19(22)27-17(15)11-16(14)26-13(4)20(23)25-6-2/h9-11,13H,5-8H2,1-4H3. The highest BCUT2D eigenvalue weighted by Gasteiger charge is 2.19. The number of esters is 2. The van der Waals surface area contributed by atoms with Crippen molar-refractivity contribution in [2.24, 2.45) is 0 Å². The van der Waals surface area contributed by atoms with E-state index in [2.05, 4.69) is 0 Å². The topological polar surface area (TPSA) is 92.0 Å². The number of fused-ring (bicyclic) bond motifs is 1. The number of aryl methyl sites for hydroxylation is 2. The molecule has 0 saturated heterocycles. The Kier molecular flexibility index (Phi) is 6.98. The number of carbonyl (C=O) groups is 2. The van der Waals surface area contributed by atoms with Gasteiger partial charge in [-0.05, 0) is 51.3 Å². The lowest BCUT2D eigenvalue weighted by Crippen LogP contribution is -2.26. The van der Waals surface area contributed by atoms with Crippen molar-refractivity contribution < 1.29 is 28.2 Å². The Morgan fingerprint density at radius 2 is 1.81 bits per heavy atom. The zero-order valence-electron chi connectivity index (χ0n) is 16.0. The van der Waals surface area contributed by atoms with Crippen LogP contribution in [0.4, 0.5) is 0 Å². The largest absolute Gasteiger partial charge is 0.479 e. The molecule has 0 spiro atoms. The van der Waals surface area contributed by atoms with Gasteiger partial charge in [-0.1, -0.05) is 0 Å². The first-order valence-electron chi connectivity index (χ1n) is 8.92. The van der Waals surface area contributed by atoms with Gasteiger partial charge in [0.15, 0.2) is 6.10 Å². The van der Waals surface area contributed by atoms with Crippen molar-refractivity contribution in [2.75, 3.05) is 13.2 Å². The number of ether oxygens (including phenoxy) is 3. The molecule has 7 nitrogen and oxygen atoms in total. The van der Waals surface area contributed by atoms with Gasteiger partial charge in [0.25, 0.3) is 0 Å². The van der Waals surface area contributed by atoms with Gasteiger partial charge >= 0.3 is 17.6 Å². The zero-order chi connectivity index (χ0) is 20.0. The second-order valence-corrected chi connectivity index (χ2v) is 6.02. The smallest absolute Gasteiger partial charge is 0.347 e. The van der Waals surface area contributed by atoms with Crippen LogP contribution in [0.2, 0.25) is 0 Å². The van der Waals surface area contributed by atoms with Crippen LogP contribution in [0.3, 0.4) is 0 Å². The molecular formula is C20H24O7. The average molecular weight is 376 g/mol. The molecule has 0 aliphatic heterocycles. The van der Waals surface area contributed by atoms with Crippen molar-refractivity contribution in [1.29, 1.82) is 0 Å². The fraction of sp³-hybridized carbons (Fsp3) is 0.450. The van der Waals surface area contributed by atoms with E-state index in [0.717, 1.165) is 10.9 Å². The second-order valence-electron chi connectivity index (χ2n) is 6.02. The van der Waals surface area contributed by atoms with Crippen molar-refractivity contribution in [3.63, 3.8) is 0 Å². The fourth-order valence-corrected chi connectivity index (χ4v) is 2.66. The molecule has 1 atom stereocenters. The lowest BCUT2D eigenvalue weighted by atomic mass is 10.0. The van der Waals surface area contributed by atoms with Gasteiger partial charge in [-0.2, -0.15) is 0 Å². The summed E-state index contributed by atoms with van der Waals surface area (Å²) in [5.74, 6) is -0.459. The summed E-state index contributed by atoms with van der Waals surface area (Å²) in [5.41, 5.74) is 1.35. The summed E-state index contributed by atoms with van der Waals surface area (Å²) in [5, 5.41) is 0.740. The third-order valence-electron chi connectivity index (χ3n) is 3.96. The minimum Gasteiger partial charge on any atom is -0.479 e. The van der Waals surface area contributed by atoms with Gasteiger partial charge in [-0.15, -0.1) is 0 Å². The molecular weight excluding hydrogens is 352 g/mol. The van der Waals surface area contributed by atoms with Crippen LogP contribution in [0.1, 0.15) is 38.3 Å². The summed E-state index contributed by atoms with van der Waals surface area (Å²) in [7, 11) is 0. The van der Waals surface area contributed by atoms with Crippen LogP contribution in [0.15, 0.2) is 27.4 Å². The number of hydrogen-bond acceptors (Lipinski definition) is 7. The van der Waals surface area contributed by atoms with Crippen LogP contribution in [0.5, 0.6) is 5.75 Å². The summed E-state index contributed by atoms with van der Waals surface area (Å²) in [6.07, 6.45) is -0.322. The minimum atomic E-state index is -0.847. The van der Waals surface area contributed by atoms with Crippen LogP contribution < -0.4 is 10.4 Å². The molecule has 2 aromatic rings. The molecule has 1 heterocycles. The Morgan fingerprint density at radius 3 is 2.48 bits per heavy atom. The van der Waals surface area contributed by atoms with E-state index in [1.807, 2.05) is 0 Å². The van der Waals surface area contributed by atoms with E-state index in [0.29, 0.717) is 29.9 Å². The van der Waals surface area contributed by atoms with Crippen LogP contribution >= 0.6 is 0 Å². The van der Waals surface area contributed by atoms with Crippen molar-refractivity contribution in [1.82, 2.24) is 0 Å². The lowest BCUT2D eigenvalue weighted by Gasteiger charge is -2.17. The SMILES string of the molecule is CCOC(=O)CCc1cc2c(C)cc(=O)oc2cc1OC(C)C(=O)OCC. The van der Waals surface area contributed by atoms with Gasteiger partial charge in [0.1, 0.15) is 11.3 Å². The molecule has 0 amide bonds. The molecule has 1 aromatic heterocycles. The summed E-state index contributed by atoms with van der Waals surface area (Å²) in [6, 6.07) is 4.78. The van der Waals surface area contributed by atoms with Gasteiger partial charge in [0.05, 0.1) is 13.2 Å². The van der Waals surface area contributed by atoms with E-state index in [1.165, 1.54) is 6.07 Å². The molecule has 0 aliphatic rings. The maximum absolute atomic E-state index is 11.9. The van der Waals surface area contributed by atoms with E-state index in [-0.39, 0.29) is 19.0 Å². The number of hydrogen-bond donors (Lipinski definition) is 0. The Labute approximate surface area is 157 Å². The van der Waals surface area contributed by atoms with E-state index in [1.54, 1.807) is 39.8 Å². The van der Waals surface area contributed by atoms with Crippen LogP contribution in [0, 0.1) is 6.92 Å². The maximum atomic E-state index is 11.9. The average Bonchev–Trinajstić information content (AvgIpc) is 2.60. The van der Waals surface area contributed by atoms with Gasteiger partial charge in [0, 0.05) is 23.9 Å². The normalized spacial score (nSPS) is 11.9. The third-order valence-corrected chi connectivity index (χ3v) is 3.96. The monoisotopic (exact) mass is 376 g/mol. The van der Waals surface area contributed by atoms with Crippen LogP contribution in [-0.4, -0.2) is 31.3 Å². The van der Waals surface area contributed by atoms with Crippen LogP contribution in [0.25, 0.3) is 11.0 Å². The maximum Gasteiger partial charge on any atom is 0.347 e. The Hall–Kier alpha value is -2.83. The third kappa shape index (κ3) is 5.32. The highest BCUT2D eigenvalue weighted by atomic mass is 16.6. The Balaban J connectivity index is 2.40. The summed E-state index contributed by atoms with van der Waals surface area (Å²) in [6.45, 7) is 7.38. The summed E-state index contributed by atoms with van der Waals surface area (Å²) >= 11 is 0. The summed E-state index contributed by atoms with van der Waals surface area (Å²) < 4.78 is 20.9. The lowest BCUT2D eigenvalue weighted by molar-refractivity contribution is -0.150. The number of rotatable bonds is 8. The van der Waals surface area contributed by atoms with E-state index in [9.17, 15) is 14.4 Å². The van der Waals surface area contributed by atoms with Gasteiger partial charge in [-0.25, -0.2) is 9.59 Å². The number of benzene rings is 1. The molecule has 0 radical (unpaired) electrons. The molecule has 27 heavy (non-hydrogen) atoms. The number of carbonyl (C=O) groups excluding carboxylic acids is 2. The zero-order valence-corrected chi connectivity index (χ0v) is 16.0. The van der Waals surface area contributed by atoms with Crippen molar-refractivity contribution in [3.05, 3.63) is 39.7 Å². The minimum absolute atomic E-state index is 0.166. The molecule has 0 fully saturated rings. The Bertz CT molecular complexity index is 882. The molecule has 1 unspecified atom stereocenters. The van der Waals surface area contributed by atoms with Crippen LogP contribution in [-0.2, 0) is 25.5 Å². The van der Waals surface area contributed by atoms with Gasteiger partial charge in [-0.3, -0.25) is 4.79 Å². The van der Waals surface area contributed by atoms with E-state index < -0.39 is 17.7 Å². The van der Waals surface area contributed by atoms with Crippen molar-refractivity contribution in [2.45, 2.75) is 46.6 Å². The molecule has 146 valence electrons. The molecule has 2 rings (SSSR count). The molecule has 1 aromatic carbocycles. The first-order chi connectivity index (χ1) is 12.8. The second kappa shape index (κ2) is 9.21. The molecule has 0 aliphatic carbocycles.